The van der Waals surface area contributed by atoms with Crippen molar-refractivity contribution in [3.05, 3.63) is 0 Å². The van der Waals surface area contributed by atoms with E-state index < -0.39 is 0 Å². The number of aliphatic hydroxyl groups is 1. The Hall–Kier alpha value is -0.850. The topological polar surface area (TPSA) is 100 Å². The van der Waals surface area contributed by atoms with E-state index in [9.17, 15) is 0 Å². The SMILES string of the molecule is COCC(CO)NCCCC(C)(C)C(N)=NO. The van der Waals surface area contributed by atoms with E-state index in [1.54, 1.807) is 7.11 Å². The number of ether oxygens (including phenoxy) is 1. The van der Waals surface area contributed by atoms with Gasteiger partial charge >= 0.3 is 0 Å². The molecule has 5 N–H and O–H groups in total. The number of rotatable bonds is 9. The lowest BCUT2D eigenvalue weighted by Crippen LogP contribution is -2.38. The zero-order valence-electron chi connectivity index (χ0n) is 10.9. The predicted octanol–water partition coefficient (Wildman–Crippen LogP) is 0.136. The van der Waals surface area contributed by atoms with Gasteiger partial charge in [0, 0.05) is 12.5 Å². The van der Waals surface area contributed by atoms with Crippen LogP contribution in [0.2, 0.25) is 0 Å². The number of hydrogen-bond acceptors (Lipinski definition) is 5. The van der Waals surface area contributed by atoms with Gasteiger partial charge in [0.15, 0.2) is 0 Å². The lowest BCUT2D eigenvalue weighted by Gasteiger charge is -2.23. The molecule has 1 unspecified atom stereocenters. The summed E-state index contributed by atoms with van der Waals surface area (Å²) in [6, 6.07) is -0.0352. The largest absolute Gasteiger partial charge is 0.409 e. The van der Waals surface area contributed by atoms with Gasteiger partial charge in [-0.2, -0.15) is 0 Å². The van der Waals surface area contributed by atoms with Crippen LogP contribution in [0.25, 0.3) is 0 Å². The molecule has 0 aliphatic rings. The Kier molecular flexibility index (Phi) is 7.86. The maximum Gasteiger partial charge on any atom is 0.144 e. The molecule has 102 valence electrons. The fraction of sp³-hybridized carbons (Fsp3) is 0.909. The second-order valence-electron chi connectivity index (χ2n) is 4.76. The minimum atomic E-state index is -0.313. The zero-order valence-corrected chi connectivity index (χ0v) is 10.9. The highest BCUT2D eigenvalue weighted by atomic mass is 16.5. The molecular formula is C11H25N3O3. The number of aliphatic hydroxyl groups excluding tert-OH is 1. The average Bonchev–Trinajstić information content (AvgIpc) is 2.31. The summed E-state index contributed by atoms with van der Waals surface area (Å²) >= 11 is 0. The molecule has 0 bridgehead atoms. The molecule has 0 aromatic rings. The van der Waals surface area contributed by atoms with Crippen LogP contribution in [0.5, 0.6) is 0 Å². The van der Waals surface area contributed by atoms with Gasteiger partial charge in [-0.1, -0.05) is 19.0 Å². The van der Waals surface area contributed by atoms with E-state index in [-0.39, 0.29) is 23.9 Å². The van der Waals surface area contributed by atoms with Crippen molar-refractivity contribution < 1.29 is 15.1 Å². The Morgan fingerprint density at radius 1 is 1.53 bits per heavy atom. The second-order valence-corrected chi connectivity index (χ2v) is 4.76. The van der Waals surface area contributed by atoms with Gasteiger partial charge in [0.25, 0.3) is 0 Å². The number of nitrogens with one attached hydrogen (secondary N) is 1. The summed E-state index contributed by atoms with van der Waals surface area (Å²) in [6.07, 6.45) is 1.68. The van der Waals surface area contributed by atoms with Crippen LogP contribution in [-0.2, 0) is 4.74 Å². The molecule has 0 aromatic carbocycles. The third-order valence-electron chi connectivity index (χ3n) is 2.80. The Morgan fingerprint density at radius 3 is 2.65 bits per heavy atom. The molecule has 0 fully saturated rings. The fourth-order valence-corrected chi connectivity index (χ4v) is 1.48. The molecule has 0 spiro atoms. The summed E-state index contributed by atoms with van der Waals surface area (Å²) in [5.41, 5.74) is 5.27. The molecule has 0 radical (unpaired) electrons. The van der Waals surface area contributed by atoms with Crippen LogP contribution >= 0.6 is 0 Å². The van der Waals surface area contributed by atoms with Crippen LogP contribution in [0.1, 0.15) is 26.7 Å². The van der Waals surface area contributed by atoms with E-state index in [0.29, 0.717) is 6.61 Å². The van der Waals surface area contributed by atoms with E-state index in [1.807, 2.05) is 13.8 Å². The summed E-state index contributed by atoms with van der Waals surface area (Å²) in [7, 11) is 1.60. The summed E-state index contributed by atoms with van der Waals surface area (Å²) in [5, 5.41) is 23.9. The quantitative estimate of drug-likeness (QED) is 0.153. The molecule has 0 amide bonds. The first-order chi connectivity index (χ1) is 7.97. The van der Waals surface area contributed by atoms with Crippen molar-refractivity contribution in [2.75, 3.05) is 26.9 Å². The summed E-state index contributed by atoms with van der Waals surface area (Å²) in [5.74, 6) is 0.244. The molecule has 1 atom stereocenters. The highest BCUT2D eigenvalue weighted by Gasteiger charge is 2.22. The van der Waals surface area contributed by atoms with Gasteiger partial charge in [-0.15, -0.1) is 0 Å². The number of nitrogens with zero attached hydrogens (tertiary/aromatic N) is 1. The van der Waals surface area contributed by atoms with Gasteiger partial charge in [0.1, 0.15) is 5.84 Å². The number of nitrogens with two attached hydrogens (primary N) is 1. The molecule has 0 rings (SSSR count). The molecule has 0 saturated carbocycles. The van der Waals surface area contributed by atoms with Crippen LogP contribution in [0.4, 0.5) is 0 Å². The molecule has 0 aromatic heterocycles. The third kappa shape index (κ3) is 6.45. The minimum Gasteiger partial charge on any atom is -0.409 e. The van der Waals surface area contributed by atoms with Crippen LogP contribution in [0, 0.1) is 5.41 Å². The number of hydrogen-bond donors (Lipinski definition) is 4. The smallest absolute Gasteiger partial charge is 0.144 e. The minimum absolute atomic E-state index is 0.0352. The predicted molar refractivity (Wildman–Crippen MR) is 67.2 cm³/mol. The van der Waals surface area contributed by atoms with Gasteiger partial charge < -0.3 is 26.1 Å². The van der Waals surface area contributed by atoms with Crippen molar-refractivity contribution in [1.82, 2.24) is 5.32 Å². The maximum absolute atomic E-state index is 9.03. The van der Waals surface area contributed by atoms with Crippen LogP contribution in [0.3, 0.4) is 0 Å². The van der Waals surface area contributed by atoms with E-state index >= 15 is 0 Å². The molecule has 0 aliphatic carbocycles. The van der Waals surface area contributed by atoms with Crippen molar-refractivity contribution >= 4 is 5.84 Å². The molecule has 0 saturated heterocycles. The van der Waals surface area contributed by atoms with Crippen molar-refractivity contribution in [1.29, 1.82) is 0 Å². The number of amidine groups is 1. The second kappa shape index (κ2) is 8.27. The van der Waals surface area contributed by atoms with Crippen molar-refractivity contribution in [3.63, 3.8) is 0 Å². The highest BCUT2D eigenvalue weighted by Crippen LogP contribution is 2.21. The molecule has 17 heavy (non-hydrogen) atoms. The van der Waals surface area contributed by atoms with Crippen molar-refractivity contribution in [2.24, 2.45) is 16.3 Å². The third-order valence-corrected chi connectivity index (χ3v) is 2.80. The van der Waals surface area contributed by atoms with E-state index in [2.05, 4.69) is 10.5 Å². The molecule has 0 heterocycles. The Balaban J connectivity index is 3.84. The molecule has 6 heteroatoms. The van der Waals surface area contributed by atoms with E-state index in [0.717, 1.165) is 19.4 Å². The van der Waals surface area contributed by atoms with Gasteiger partial charge in [-0.05, 0) is 19.4 Å². The molecule has 6 nitrogen and oxygen atoms in total. The van der Waals surface area contributed by atoms with Crippen molar-refractivity contribution in [3.8, 4) is 0 Å². The Labute approximate surface area is 103 Å². The standard InChI is InChI=1S/C11H25N3O3/c1-11(2,10(12)14-16)5-4-6-13-9(7-15)8-17-3/h9,13,15-16H,4-8H2,1-3H3,(H2,12,14). The Morgan fingerprint density at radius 2 is 2.18 bits per heavy atom. The number of methoxy groups -OCH3 is 1. The van der Waals surface area contributed by atoms with E-state index in [1.165, 1.54) is 0 Å². The highest BCUT2D eigenvalue weighted by molar-refractivity contribution is 5.85. The molecule has 0 aliphatic heterocycles. The monoisotopic (exact) mass is 247 g/mol. The summed E-state index contributed by atoms with van der Waals surface area (Å²) in [6.45, 7) is 5.16. The lowest BCUT2D eigenvalue weighted by atomic mass is 9.86. The first kappa shape index (κ1) is 16.1. The van der Waals surface area contributed by atoms with Gasteiger partial charge in [0.05, 0.1) is 19.3 Å². The first-order valence-corrected chi connectivity index (χ1v) is 5.79. The van der Waals surface area contributed by atoms with Gasteiger partial charge in [0.2, 0.25) is 0 Å². The van der Waals surface area contributed by atoms with E-state index in [4.69, 9.17) is 20.8 Å². The van der Waals surface area contributed by atoms with Crippen LogP contribution in [0.15, 0.2) is 5.16 Å². The van der Waals surface area contributed by atoms with Crippen molar-refractivity contribution in [2.45, 2.75) is 32.7 Å². The fourth-order valence-electron chi connectivity index (χ4n) is 1.48. The first-order valence-electron chi connectivity index (χ1n) is 5.79. The zero-order chi connectivity index (χ0) is 13.3. The van der Waals surface area contributed by atoms with Gasteiger partial charge in [-0.3, -0.25) is 0 Å². The van der Waals surface area contributed by atoms with Crippen LogP contribution in [-0.4, -0.2) is 49.1 Å². The van der Waals surface area contributed by atoms with Crippen LogP contribution < -0.4 is 11.1 Å². The average molecular weight is 247 g/mol. The summed E-state index contributed by atoms with van der Waals surface area (Å²) < 4.78 is 4.95. The summed E-state index contributed by atoms with van der Waals surface area (Å²) in [4.78, 5) is 0. The number of oxime groups is 1. The lowest BCUT2D eigenvalue weighted by molar-refractivity contribution is 0.128. The molecular weight excluding hydrogens is 222 g/mol. The van der Waals surface area contributed by atoms with Gasteiger partial charge in [-0.25, -0.2) is 0 Å². The maximum atomic E-state index is 9.03. The Bertz CT molecular complexity index is 232. The normalized spacial score (nSPS) is 14.9.